The number of benzene rings is 1. The van der Waals surface area contributed by atoms with Gasteiger partial charge < -0.3 is 14.6 Å². The molecule has 0 bridgehead atoms. The fourth-order valence-corrected chi connectivity index (χ4v) is 3.11. The van der Waals surface area contributed by atoms with Crippen LogP contribution in [0.5, 0.6) is 0 Å². The lowest BCUT2D eigenvalue weighted by atomic mass is 10.2. The summed E-state index contributed by atoms with van der Waals surface area (Å²) in [6.45, 7) is 3.74. The minimum absolute atomic E-state index is 0.0688. The number of hydrogen-bond acceptors (Lipinski definition) is 9. The quantitative estimate of drug-likeness (QED) is 0.351. The van der Waals surface area contributed by atoms with E-state index >= 15 is 0 Å². The third kappa shape index (κ3) is 10.6. The van der Waals surface area contributed by atoms with E-state index in [1.807, 2.05) is 37.3 Å². The van der Waals surface area contributed by atoms with Gasteiger partial charge in [-0.05, 0) is 49.2 Å². The molecular formula is C21H28N4O5S. The molecule has 1 aromatic heterocycles. The van der Waals surface area contributed by atoms with E-state index in [2.05, 4.69) is 25.0 Å². The number of aliphatic hydroxyl groups excluding tert-OH is 1. The fraction of sp³-hybridized carbons (Fsp3) is 0.381. The summed E-state index contributed by atoms with van der Waals surface area (Å²) in [4.78, 5) is 21.6. The molecule has 2 rings (SSSR count). The van der Waals surface area contributed by atoms with Crippen molar-refractivity contribution in [2.75, 3.05) is 26.6 Å². The molecule has 10 heteroatoms. The normalized spacial score (nSPS) is 11.4. The summed E-state index contributed by atoms with van der Waals surface area (Å²) in [6, 6.07) is 9.72. The van der Waals surface area contributed by atoms with E-state index in [9.17, 15) is 9.59 Å². The van der Waals surface area contributed by atoms with E-state index in [0.29, 0.717) is 6.42 Å². The maximum Gasteiger partial charge on any atom is 0.330 e. The van der Waals surface area contributed by atoms with Gasteiger partial charge in [-0.15, -0.1) is 5.10 Å². The second-order valence-corrected chi connectivity index (χ2v) is 7.37. The summed E-state index contributed by atoms with van der Waals surface area (Å²) in [6.07, 6.45) is 4.16. The topological polar surface area (TPSA) is 116 Å². The van der Waals surface area contributed by atoms with Gasteiger partial charge in [0, 0.05) is 24.5 Å². The number of ether oxygens (including phenoxy) is 2. The van der Waals surface area contributed by atoms with Crippen LogP contribution >= 0.6 is 11.8 Å². The highest BCUT2D eigenvalue weighted by molar-refractivity contribution is 7.99. The summed E-state index contributed by atoms with van der Waals surface area (Å²) in [5, 5.41) is 20.9. The van der Waals surface area contributed by atoms with Gasteiger partial charge >= 0.3 is 11.9 Å². The first kappa shape index (κ1) is 26.1. The van der Waals surface area contributed by atoms with Crippen molar-refractivity contribution in [2.45, 2.75) is 31.8 Å². The molecule has 0 fully saturated rings. The third-order valence-electron chi connectivity index (χ3n) is 3.81. The monoisotopic (exact) mass is 448 g/mol. The largest absolute Gasteiger partial charge is 0.466 e. The first-order valence-electron chi connectivity index (χ1n) is 9.49. The zero-order valence-electron chi connectivity index (χ0n) is 18.1. The molecule has 0 aliphatic carbocycles. The fourth-order valence-electron chi connectivity index (χ4n) is 2.14. The van der Waals surface area contributed by atoms with Crippen LogP contribution in [0.4, 0.5) is 0 Å². The number of allylic oxidation sites excluding steroid dienone is 1. The van der Waals surface area contributed by atoms with Crippen LogP contribution < -0.4 is 0 Å². The lowest BCUT2D eigenvalue weighted by molar-refractivity contribution is -0.135. The molecule has 0 saturated carbocycles. The van der Waals surface area contributed by atoms with Crippen molar-refractivity contribution < 1.29 is 24.2 Å². The molecule has 2 aromatic rings. The highest BCUT2D eigenvalue weighted by atomic mass is 32.2. The predicted molar refractivity (Wildman–Crippen MR) is 118 cm³/mol. The number of hydrogen-bond donors (Lipinski definition) is 1. The van der Waals surface area contributed by atoms with Crippen molar-refractivity contribution in [3.05, 3.63) is 53.6 Å². The van der Waals surface area contributed by atoms with E-state index in [-0.39, 0.29) is 18.5 Å². The number of rotatable bonds is 9. The van der Waals surface area contributed by atoms with Crippen molar-refractivity contribution in [1.29, 1.82) is 0 Å². The van der Waals surface area contributed by atoms with Crippen LogP contribution in [0, 0.1) is 0 Å². The zero-order chi connectivity index (χ0) is 23.1. The minimum atomic E-state index is -0.369. The number of carbonyl (C=O) groups excluding carboxylic acids is 2. The van der Waals surface area contributed by atoms with Crippen LogP contribution in [0.1, 0.15) is 26.7 Å². The average Bonchev–Trinajstić information content (AvgIpc) is 3.23. The molecule has 0 aliphatic heterocycles. The van der Waals surface area contributed by atoms with Crippen molar-refractivity contribution in [2.24, 2.45) is 0 Å². The Morgan fingerprint density at radius 3 is 2.16 bits per heavy atom. The summed E-state index contributed by atoms with van der Waals surface area (Å²) in [5.41, 5.74) is 2.72. The van der Waals surface area contributed by atoms with E-state index in [0.717, 1.165) is 34.2 Å². The second kappa shape index (κ2) is 14.9. The van der Waals surface area contributed by atoms with Gasteiger partial charge in [-0.1, -0.05) is 41.1 Å². The highest BCUT2D eigenvalue weighted by Crippen LogP contribution is 2.20. The zero-order valence-corrected chi connectivity index (χ0v) is 19.0. The third-order valence-corrected chi connectivity index (χ3v) is 4.73. The summed E-state index contributed by atoms with van der Waals surface area (Å²) in [5.74, 6) is 0.0876. The van der Waals surface area contributed by atoms with Crippen LogP contribution in [-0.2, 0) is 19.1 Å². The lowest BCUT2D eigenvalue weighted by Gasteiger charge is -2.04. The minimum Gasteiger partial charge on any atom is -0.466 e. The van der Waals surface area contributed by atoms with Gasteiger partial charge in [-0.25, -0.2) is 9.59 Å². The molecule has 31 heavy (non-hydrogen) atoms. The Labute approximate surface area is 186 Å². The van der Waals surface area contributed by atoms with Gasteiger partial charge in [0.05, 0.1) is 19.9 Å². The van der Waals surface area contributed by atoms with Crippen molar-refractivity contribution >= 4 is 23.7 Å². The second-order valence-electron chi connectivity index (χ2n) is 6.31. The van der Waals surface area contributed by atoms with Crippen molar-refractivity contribution in [1.82, 2.24) is 20.2 Å². The van der Waals surface area contributed by atoms with E-state index in [4.69, 9.17) is 5.11 Å². The Balaban J connectivity index is 0.000000407. The number of aliphatic hydroxyl groups is 1. The van der Waals surface area contributed by atoms with Gasteiger partial charge in [-0.2, -0.15) is 4.68 Å². The van der Waals surface area contributed by atoms with Crippen LogP contribution in [0.25, 0.3) is 5.69 Å². The molecule has 0 spiro atoms. The number of thioether (sulfide) groups is 1. The Morgan fingerprint density at radius 1 is 1.03 bits per heavy atom. The number of para-hydroxylation sites is 1. The molecule has 1 N–H and O–H groups in total. The highest BCUT2D eigenvalue weighted by Gasteiger charge is 2.08. The number of aromatic nitrogens is 4. The molecule has 0 saturated heterocycles. The number of carbonyl (C=O) groups is 2. The summed E-state index contributed by atoms with van der Waals surface area (Å²) >= 11 is 1.55. The number of methoxy groups -OCH3 is 2. The van der Waals surface area contributed by atoms with Crippen molar-refractivity contribution in [3.8, 4) is 5.69 Å². The Hall–Kier alpha value is -2.98. The molecular weight excluding hydrogens is 420 g/mol. The van der Waals surface area contributed by atoms with E-state index < -0.39 is 0 Å². The van der Waals surface area contributed by atoms with Crippen molar-refractivity contribution in [3.63, 3.8) is 0 Å². The summed E-state index contributed by atoms with van der Waals surface area (Å²) < 4.78 is 10.7. The van der Waals surface area contributed by atoms with Gasteiger partial charge in [0.1, 0.15) is 0 Å². The van der Waals surface area contributed by atoms with Gasteiger partial charge in [-0.3, -0.25) is 0 Å². The molecule has 1 heterocycles. The van der Waals surface area contributed by atoms with Gasteiger partial charge in [0.15, 0.2) is 0 Å². The molecule has 0 aliphatic rings. The molecule has 0 atom stereocenters. The first-order chi connectivity index (χ1) is 14.9. The Kier molecular flexibility index (Phi) is 12.5. The molecule has 0 unspecified atom stereocenters. The Morgan fingerprint density at radius 2 is 1.61 bits per heavy atom. The smallest absolute Gasteiger partial charge is 0.330 e. The first-order valence-corrected chi connectivity index (χ1v) is 10.5. The lowest BCUT2D eigenvalue weighted by Crippen LogP contribution is -1.99. The van der Waals surface area contributed by atoms with Crippen LogP contribution in [0.2, 0.25) is 0 Å². The molecule has 0 radical (unpaired) electrons. The van der Waals surface area contributed by atoms with Gasteiger partial charge in [0.25, 0.3) is 0 Å². The molecule has 168 valence electrons. The standard InChI is InChI=1S/C14H16N4O2S.C7H12O3/c1-11(10-13(19)20-2)8-9-21-14-15-16-17-18(14)12-6-4-3-5-7-12;1-6(3-4-8)5-7(9)10-2/h3-7,10H,8-9H2,1-2H3;5,8H,3-4H2,1-2H3/b11-10+;6-5+. The van der Waals surface area contributed by atoms with E-state index in [1.54, 1.807) is 23.4 Å². The SMILES string of the molecule is COC(=O)/C=C(\C)CCO.COC(=O)/C=C(\C)CCSc1nnnn1-c1ccccc1. The Bertz CT molecular complexity index is 881. The summed E-state index contributed by atoms with van der Waals surface area (Å²) in [7, 11) is 2.69. The average molecular weight is 449 g/mol. The van der Waals surface area contributed by atoms with Crippen LogP contribution in [-0.4, -0.2) is 63.8 Å². The number of tetrazole rings is 1. The van der Waals surface area contributed by atoms with Crippen LogP contribution in [0.15, 0.2) is 58.8 Å². The van der Waals surface area contributed by atoms with E-state index in [1.165, 1.54) is 26.4 Å². The maximum absolute atomic E-state index is 11.1. The predicted octanol–water partition coefficient (Wildman–Crippen LogP) is 2.75. The molecule has 1 aromatic carbocycles. The molecule has 0 amide bonds. The van der Waals surface area contributed by atoms with Gasteiger partial charge in [0.2, 0.25) is 5.16 Å². The number of esters is 2. The molecule has 9 nitrogen and oxygen atoms in total. The number of nitrogens with zero attached hydrogens (tertiary/aromatic N) is 4. The maximum atomic E-state index is 11.1. The van der Waals surface area contributed by atoms with Crippen LogP contribution in [0.3, 0.4) is 0 Å².